The molecule has 22 heavy (non-hydrogen) atoms. The van der Waals surface area contributed by atoms with Crippen LogP contribution in [-0.4, -0.2) is 14.4 Å². The second-order valence-electron chi connectivity index (χ2n) is 4.47. The van der Waals surface area contributed by atoms with Crippen molar-refractivity contribution in [2.75, 3.05) is 5.32 Å². The number of benzene rings is 2. The Bertz CT molecular complexity index is 785. The van der Waals surface area contributed by atoms with Crippen molar-refractivity contribution in [3.63, 3.8) is 0 Å². The number of hydrogen-bond donors (Lipinski definition) is 2. The van der Waals surface area contributed by atoms with Gasteiger partial charge < -0.3 is 5.32 Å². The summed E-state index contributed by atoms with van der Waals surface area (Å²) >= 11 is 0. The predicted molar refractivity (Wildman–Crippen MR) is 76.9 cm³/mol. The van der Waals surface area contributed by atoms with Crippen molar-refractivity contribution < 1.29 is 22.0 Å². The number of amides is 2. The number of halogens is 2. The van der Waals surface area contributed by atoms with E-state index in [1.165, 1.54) is 12.1 Å². The van der Waals surface area contributed by atoms with Gasteiger partial charge in [0.05, 0.1) is 4.90 Å². The maximum atomic E-state index is 13.4. The average Bonchev–Trinajstić information content (AvgIpc) is 2.43. The average molecular weight is 326 g/mol. The van der Waals surface area contributed by atoms with Crippen LogP contribution >= 0.6 is 0 Å². The molecule has 0 atom stereocenters. The van der Waals surface area contributed by atoms with Gasteiger partial charge in [0.2, 0.25) is 0 Å². The first kappa shape index (κ1) is 15.9. The molecule has 2 aromatic carbocycles. The molecule has 0 spiro atoms. The van der Waals surface area contributed by atoms with Crippen molar-refractivity contribution in [3.8, 4) is 0 Å². The Morgan fingerprint density at radius 3 is 2.09 bits per heavy atom. The second kappa shape index (κ2) is 6.10. The van der Waals surface area contributed by atoms with Gasteiger partial charge in [-0.25, -0.2) is 26.7 Å². The van der Waals surface area contributed by atoms with Crippen LogP contribution in [0.5, 0.6) is 0 Å². The van der Waals surface area contributed by atoms with E-state index < -0.39 is 33.4 Å². The number of carbonyl (C=O) groups is 1. The molecule has 0 unspecified atom stereocenters. The van der Waals surface area contributed by atoms with Gasteiger partial charge in [-0.05, 0) is 31.2 Å². The van der Waals surface area contributed by atoms with Crippen LogP contribution in [0.15, 0.2) is 47.4 Å². The first-order chi connectivity index (χ1) is 10.3. The summed E-state index contributed by atoms with van der Waals surface area (Å²) in [5.41, 5.74) is 0.121. The molecule has 2 rings (SSSR count). The van der Waals surface area contributed by atoms with E-state index in [1.807, 2.05) is 5.32 Å². The highest BCUT2D eigenvalue weighted by molar-refractivity contribution is 7.90. The highest BCUT2D eigenvalue weighted by Crippen LogP contribution is 2.18. The molecule has 0 bridgehead atoms. The third kappa shape index (κ3) is 3.59. The van der Waals surface area contributed by atoms with Crippen LogP contribution in [0.4, 0.5) is 19.3 Å². The van der Waals surface area contributed by atoms with Gasteiger partial charge in [0.15, 0.2) is 0 Å². The quantitative estimate of drug-likeness (QED) is 0.911. The zero-order valence-electron chi connectivity index (χ0n) is 11.4. The van der Waals surface area contributed by atoms with Gasteiger partial charge in [-0.2, -0.15) is 0 Å². The molecule has 0 saturated heterocycles. The summed E-state index contributed by atoms with van der Waals surface area (Å²) in [6.07, 6.45) is 0. The fourth-order valence-corrected chi connectivity index (χ4v) is 2.56. The number of sulfonamides is 1. The minimum Gasteiger partial charge on any atom is -0.302 e. The Morgan fingerprint density at radius 1 is 1.00 bits per heavy atom. The third-order valence-electron chi connectivity index (χ3n) is 2.76. The van der Waals surface area contributed by atoms with E-state index in [0.29, 0.717) is 0 Å². The number of aryl methyl sites for hydroxylation is 1. The lowest BCUT2D eigenvalue weighted by atomic mass is 10.2. The molecule has 2 amide bonds. The summed E-state index contributed by atoms with van der Waals surface area (Å²) in [7, 11) is -4.13. The van der Waals surface area contributed by atoms with Gasteiger partial charge >= 0.3 is 6.03 Å². The highest BCUT2D eigenvalue weighted by Gasteiger charge is 2.19. The second-order valence-corrected chi connectivity index (χ2v) is 6.15. The molecule has 0 heterocycles. The molecule has 0 radical (unpaired) electrons. The number of urea groups is 1. The van der Waals surface area contributed by atoms with Crippen molar-refractivity contribution in [2.24, 2.45) is 0 Å². The lowest BCUT2D eigenvalue weighted by Gasteiger charge is -2.10. The first-order valence-electron chi connectivity index (χ1n) is 6.14. The summed E-state index contributed by atoms with van der Waals surface area (Å²) < 4.78 is 52.4. The molecule has 8 heteroatoms. The molecule has 5 nitrogen and oxygen atoms in total. The van der Waals surface area contributed by atoms with Crippen LogP contribution in [0.3, 0.4) is 0 Å². The van der Waals surface area contributed by atoms with Crippen molar-refractivity contribution >= 4 is 21.7 Å². The van der Waals surface area contributed by atoms with Gasteiger partial charge in [0.25, 0.3) is 10.0 Å². The summed E-state index contributed by atoms with van der Waals surface area (Å²) in [5.74, 6) is -2.02. The molecule has 116 valence electrons. The molecule has 0 aromatic heterocycles. The minimum absolute atomic E-state index is 0.137. The molecule has 2 aromatic rings. The number of hydrogen-bond acceptors (Lipinski definition) is 3. The molecule has 0 fully saturated rings. The standard InChI is InChI=1S/C14H12F2N2O3S/c1-9-5-7-10(8-6-9)22(20,21)18-14(19)17-13-11(15)3-2-4-12(13)16/h2-8H,1H3,(H2,17,18,19). The van der Waals surface area contributed by atoms with E-state index in [9.17, 15) is 22.0 Å². The Hall–Kier alpha value is -2.48. The maximum Gasteiger partial charge on any atom is 0.333 e. The van der Waals surface area contributed by atoms with E-state index in [2.05, 4.69) is 0 Å². The predicted octanol–water partition coefficient (Wildman–Crippen LogP) is 2.78. The van der Waals surface area contributed by atoms with E-state index >= 15 is 0 Å². The number of carbonyl (C=O) groups excluding carboxylic acids is 1. The minimum atomic E-state index is -4.13. The molecule has 0 saturated carbocycles. The number of nitrogens with one attached hydrogen (secondary N) is 2. The van der Waals surface area contributed by atoms with E-state index in [1.54, 1.807) is 23.8 Å². The van der Waals surface area contributed by atoms with E-state index in [-0.39, 0.29) is 4.90 Å². The molecular formula is C14H12F2N2O3S. The van der Waals surface area contributed by atoms with Crippen molar-refractivity contribution in [1.82, 2.24) is 4.72 Å². The summed E-state index contributed by atoms with van der Waals surface area (Å²) in [5, 5.41) is 1.84. The van der Waals surface area contributed by atoms with Crippen molar-refractivity contribution in [2.45, 2.75) is 11.8 Å². The number of para-hydroxylation sites is 1. The molecule has 0 aliphatic heterocycles. The summed E-state index contributed by atoms with van der Waals surface area (Å²) in [6, 6.07) is 7.48. The molecule has 2 N–H and O–H groups in total. The van der Waals surface area contributed by atoms with Crippen LogP contribution in [0.25, 0.3) is 0 Å². The van der Waals surface area contributed by atoms with Crippen LogP contribution < -0.4 is 10.0 Å². The number of rotatable bonds is 3. The van der Waals surface area contributed by atoms with Crippen LogP contribution in [-0.2, 0) is 10.0 Å². The van der Waals surface area contributed by atoms with Gasteiger partial charge in [0, 0.05) is 0 Å². The Labute approximate surface area is 126 Å². The zero-order chi connectivity index (χ0) is 16.3. The van der Waals surface area contributed by atoms with E-state index in [4.69, 9.17) is 0 Å². The van der Waals surface area contributed by atoms with Crippen LogP contribution in [0.2, 0.25) is 0 Å². The summed E-state index contributed by atoms with van der Waals surface area (Å²) in [6.45, 7) is 1.78. The zero-order valence-corrected chi connectivity index (χ0v) is 12.2. The fourth-order valence-electron chi connectivity index (χ4n) is 1.65. The van der Waals surface area contributed by atoms with Crippen molar-refractivity contribution in [1.29, 1.82) is 0 Å². The lowest BCUT2D eigenvalue weighted by molar-refractivity contribution is 0.256. The highest BCUT2D eigenvalue weighted by atomic mass is 32.2. The topological polar surface area (TPSA) is 75.3 Å². The van der Waals surface area contributed by atoms with Gasteiger partial charge in [-0.1, -0.05) is 23.8 Å². The van der Waals surface area contributed by atoms with Crippen LogP contribution in [0, 0.1) is 18.6 Å². The maximum absolute atomic E-state index is 13.4. The van der Waals surface area contributed by atoms with Crippen LogP contribution in [0.1, 0.15) is 5.56 Å². The monoisotopic (exact) mass is 326 g/mol. The van der Waals surface area contributed by atoms with Gasteiger partial charge in [-0.3, -0.25) is 0 Å². The Morgan fingerprint density at radius 2 is 1.55 bits per heavy atom. The van der Waals surface area contributed by atoms with Gasteiger partial charge in [-0.15, -0.1) is 0 Å². The number of anilines is 1. The largest absolute Gasteiger partial charge is 0.333 e. The molecule has 0 aliphatic carbocycles. The fraction of sp³-hybridized carbons (Fsp3) is 0.0714. The normalized spacial score (nSPS) is 11.0. The Kier molecular flexibility index (Phi) is 4.41. The first-order valence-corrected chi connectivity index (χ1v) is 7.62. The SMILES string of the molecule is Cc1ccc(S(=O)(=O)NC(=O)Nc2c(F)cccc2F)cc1. The Balaban J connectivity index is 2.16. The third-order valence-corrected chi connectivity index (χ3v) is 4.11. The van der Waals surface area contributed by atoms with Gasteiger partial charge in [0.1, 0.15) is 17.3 Å². The molecule has 0 aliphatic rings. The van der Waals surface area contributed by atoms with E-state index in [0.717, 1.165) is 23.8 Å². The summed E-state index contributed by atoms with van der Waals surface area (Å²) in [4.78, 5) is 11.5. The lowest BCUT2D eigenvalue weighted by Crippen LogP contribution is -2.34. The smallest absolute Gasteiger partial charge is 0.302 e. The molecular weight excluding hydrogens is 314 g/mol. The van der Waals surface area contributed by atoms with Crippen molar-refractivity contribution in [3.05, 3.63) is 59.7 Å².